The van der Waals surface area contributed by atoms with Gasteiger partial charge >= 0.3 is 0 Å². The van der Waals surface area contributed by atoms with Gasteiger partial charge in [-0.3, -0.25) is 0 Å². The molecule has 2 aromatic heterocycles. The molecular weight excluding hydrogens is 348 g/mol. The number of thioether (sulfide) groups is 1. The van der Waals surface area contributed by atoms with Crippen LogP contribution in [0, 0.1) is 6.92 Å². The number of benzene rings is 1. The van der Waals surface area contributed by atoms with Gasteiger partial charge in [0.2, 0.25) is 0 Å². The van der Waals surface area contributed by atoms with E-state index in [4.69, 9.17) is 4.98 Å². The van der Waals surface area contributed by atoms with Crippen molar-refractivity contribution in [1.29, 1.82) is 0 Å². The van der Waals surface area contributed by atoms with Crippen LogP contribution < -0.4 is 0 Å². The quantitative estimate of drug-likeness (QED) is 0.511. The minimum atomic E-state index is 0.389. The lowest BCUT2D eigenvalue weighted by molar-refractivity contribution is 0.572. The summed E-state index contributed by atoms with van der Waals surface area (Å²) in [5.41, 5.74) is 3.55. The second kappa shape index (κ2) is 8.15. The first kappa shape index (κ1) is 18.1. The van der Waals surface area contributed by atoms with Crippen LogP contribution in [0.5, 0.6) is 0 Å². The number of hydrogen-bond donors (Lipinski definition) is 0. The highest BCUT2D eigenvalue weighted by atomic mass is 32.2. The first-order valence-electron chi connectivity index (χ1n) is 8.65. The maximum atomic E-state index is 4.79. The van der Waals surface area contributed by atoms with Gasteiger partial charge in [-0.15, -0.1) is 21.5 Å². The molecule has 0 fully saturated rings. The monoisotopic (exact) mass is 372 g/mol. The van der Waals surface area contributed by atoms with Crippen molar-refractivity contribution < 1.29 is 0 Å². The summed E-state index contributed by atoms with van der Waals surface area (Å²) >= 11 is 3.43. The number of rotatable bonds is 7. The number of aromatic nitrogens is 4. The fraction of sp³-hybridized carbons (Fsp3) is 0.421. The van der Waals surface area contributed by atoms with Crippen LogP contribution in [-0.2, 0) is 12.3 Å². The van der Waals surface area contributed by atoms with E-state index >= 15 is 0 Å². The van der Waals surface area contributed by atoms with Gasteiger partial charge in [-0.2, -0.15) is 0 Å². The Hall–Kier alpha value is -1.66. The highest BCUT2D eigenvalue weighted by Crippen LogP contribution is 2.29. The van der Waals surface area contributed by atoms with Gasteiger partial charge in [0.15, 0.2) is 5.16 Å². The summed E-state index contributed by atoms with van der Waals surface area (Å²) in [5.74, 6) is 2.28. The molecule has 0 radical (unpaired) electrons. The second-order valence-corrected chi connectivity index (χ2v) is 8.25. The van der Waals surface area contributed by atoms with Gasteiger partial charge in [0.05, 0.1) is 5.69 Å². The number of thiazole rings is 1. The lowest BCUT2D eigenvalue weighted by Crippen LogP contribution is -2.06. The van der Waals surface area contributed by atoms with Crippen molar-refractivity contribution in [2.24, 2.45) is 0 Å². The van der Waals surface area contributed by atoms with Gasteiger partial charge in [-0.1, -0.05) is 56.3 Å². The maximum absolute atomic E-state index is 4.79. The van der Waals surface area contributed by atoms with E-state index in [1.165, 1.54) is 11.1 Å². The van der Waals surface area contributed by atoms with Crippen LogP contribution in [-0.4, -0.2) is 19.7 Å². The third-order valence-electron chi connectivity index (χ3n) is 3.87. The summed E-state index contributed by atoms with van der Waals surface area (Å²) in [6, 6.07) is 8.50. The number of hydrogen-bond acceptors (Lipinski definition) is 5. The third-order valence-corrected chi connectivity index (χ3v) is 5.82. The first-order chi connectivity index (χ1) is 12.1. The number of nitrogens with zero attached hydrogens (tertiary/aromatic N) is 4. The average molecular weight is 373 g/mol. The molecule has 3 rings (SSSR count). The van der Waals surface area contributed by atoms with Gasteiger partial charge in [-0.25, -0.2) is 4.98 Å². The molecule has 0 bridgehead atoms. The Morgan fingerprint density at radius 2 is 2.08 bits per heavy atom. The van der Waals surface area contributed by atoms with E-state index in [0.29, 0.717) is 5.92 Å². The zero-order valence-electron chi connectivity index (χ0n) is 15.2. The van der Waals surface area contributed by atoms with Crippen molar-refractivity contribution in [2.75, 3.05) is 0 Å². The van der Waals surface area contributed by atoms with E-state index in [1.807, 2.05) is 0 Å². The van der Waals surface area contributed by atoms with Gasteiger partial charge in [0.1, 0.15) is 10.8 Å². The van der Waals surface area contributed by atoms with E-state index in [1.54, 1.807) is 23.1 Å². The maximum Gasteiger partial charge on any atom is 0.191 e. The van der Waals surface area contributed by atoms with Crippen molar-refractivity contribution in [2.45, 2.75) is 57.5 Å². The lowest BCUT2D eigenvalue weighted by atomic mass is 10.1. The molecule has 0 amide bonds. The van der Waals surface area contributed by atoms with Crippen LogP contribution in [0.3, 0.4) is 0 Å². The van der Waals surface area contributed by atoms with E-state index in [9.17, 15) is 0 Å². The molecule has 0 saturated heterocycles. The summed E-state index contributed by atoms with van der Waals surface area (Å²) in [4.78, 5) is 4.79. The third kappa shape index (κ3) is 4.30. The topological polar surface area (TPSA) is 43.6 Å². The fourth-order valence-electron chi connectivity index (χ4n) is 2.69. The highest BCUT2D eigenvalue weighted by molar-refractivity contribution is 7.98. The highest BCUT2D eigenvalue weighted by Gasteiger charge is 2.15. The van der Waals surface area contributed by atoms with Crippen molar-refractivity contribution in [3.63, 3.8) is 0 Å². The molecule has 6 heteroatoms. The van der Waals surface area contributed by atoms with Gasteiger partial charge < -0.3 is 4.57 Å². The van der Waals surface area contributed by atoms with Gasteiger partial charge in [0, 0.05) is 29.2 Å². The van der Waals surface area contributed by atoms with E-state index < -0.39 is 0 Å². The van der Waals surface area contributed by atoms with Crippen molar-refractivity contribution in [3.8, 4) is 10.6 Å². The molecule has 0 aliphatic rings. The molecule has 0 atom stereocenters. The standard InChI is InChI=1S/C19H24N4S2/c1-5-9-23-17(13(2)3)21-22-19(23)25-12-16-11-24-18(20-16)15-8-6-7-14(4)10-15/h6-8,10-11,13H,5,9,12H2,1-4H3. The lowest BCUT2D eigenvalue weighted by Gasteiger charge is -2.10. The average Bonchev–Trinajstić information content (AvgIpc) is 3.20. The molecule has 3 aromatic rings. The Morgan fingerprint density at radius 1 is 1.24 bits per heavy atom. The first-order valence-corrected chi connectivity index (χ1v) is 10.5. The molecule has 0 saturated carbocycles. The van der Waals surface area contributed by atoms with Crippen LogP contribution in [0.4, 0.5) is 0 Å². The van der Waals surface area contributed by atoms with Gasteiger partial charge in [-0.05, 0) is 19.4 Å². The molecule has 132 valence electrons. The van der Waals surface area contributed by atoms with Gasteiger partial charge in [0.25, 0.3) is 0 Å². The van der Waals surface area contributed by atoms with E-state index in [0.717, 1.165) is 40.4 Å². The molecule has 0 aliphatic heterocycles. The zero-order valence-corrected chi connectivity index (χ0v) is 16.8. The molecule has 0 N–H and O–H groups in total. The minimum absolute atomic E-state index is 0.389. The van der Waals surface area contributed by atoms with Crippen molar-refractivity contribution >= 4 is 23.1 Å². The Labute approximate surface area is 157 Å². The molecule has 0 spiro atoms. The summed E-state index contributed by atoms with van der Waals surface area (Å²) in [5, 5.41) is 13.0. The Morgan fingerprint density at radius 3 is 2.80 bits per heavy atom. The van der Waals surface area contributed by atoms with E-state index in [-0.39, 0.29) is 0 Å². The predicted octanol–water partition coefficient (Wildman–Crippen LogP) is 5.54. The predicted molar refractivity (Wildman–Crippen MR) is 106 cm³/mol. The molecular formula is C19H24N4S2. The minimum Gasteiger partial charge on any atom is -0.306 e. The molecule has 0 aliphatic carbocycles. The Balaban J connectivity index is 1.72. The van der Waals surface area contributed by atoms with Crippen molar-refractivity contribution in [1.82, 2.24) is 19.7 Å². The molecule has 4 nitrogen and oxygen atoms in total. The van der Waals surface area contributed by atoms with E-state index in [2.05, 4.69) is 72.1 Å². The Bertz CT molecular complexity index is 836. The Kier molecular flexibility index (Phi) is 5.91. The molecule has 2 heterocycles. The SMILES string of the molecule is CCCn1c(SCc2csc(-c3cccc(C)c3)n2)nnc1C(C)C. The van der Waals surface area contributed by atoms with Crippen LogP contribution >= 0.6 is 23.1 Å². The van der Waals surface area contributed by atoms with Crippen LogP contribution in [0.15, 0.2) is 34.8 Å². The molecule has 0 unspecified atom stereocenters. The summed E-state index contributed by atoms with van der Waals surface area (Å²) in [6.07, 6.45) is 1.08. The van der Waals surface area contributed by atoms with Crippen LogP contribution in [0.25, 0.3) is 10.6 Å². The van der Waals surface area contributed by atoms with Crippen molar-refractivity contribution in [3.05, 3.63) is 46.7 Å². The normalized spacial score (nSPS) is 11.4. The zero-order chi connectivity index (χ0) is 17.8. The summed E-state index contributed by atoms with van der Waals surface area (Å²) < 4.78 is 2.25. The van der Waals surface area contributed by atoms with Crippen LogP contribution in [0.1, 0.15) is 50.2 Å². The smallest absolute Gasteiger partial charge is 0.191 e. The fourth-order valence-corrected chi connectivity index (χ4v) is 4.48. The van der Waals surface area contributed by atoms with Crippen LogP contribution in [0.2, 0.25) is 0 Å². The molecule has 1 aromatic carbocycles. The number of aryl methyl sites for hydroxylation is 1. The second-order valence-electron chi connectivity index (χ2n) is 6.45. The summed E-state index contributed by atoms with van der Waals surface area (Å²) in [7, 11) is 0. The summed E-state index contributed by atoms with van der Waals surface area (Å²) in [6.45, 7) is 9.60. The largest absolute Gasteiger partial charge is 0.306 e. The molecule has 25 heavy (non-hydrogen) atoms.